The Bertz CT molecular complexity index is 873. The molecule has 0 radical (unpaired) electrons. The molecule has 0 aliphatic carbocycles. The van der Waals surface area contributed by atoms with E-state index in [-0.39, 0.29) is 17.2 Å². The lowest BCUT2D eigenvalue weighted by molar-refractivity contribution is 0.0953. The maximum atomic E-state index is 12.4. The summed E-state index contributed by atoms with van der Waals surface area (Å²) < 4.78 is 25.3. The highest BCUT2D eigenvalue weighted by Crippen LogP contribution is 2.21. The number of rotatable bonds is 9. The summed E-state index contributed by atoms with van der Waals surface area (Å²) in [7, 11) is -1.46. The van der Waals surface area contributed by atoms with E-state index in [2.05, 4.69) is 27.1 Å². The Balaban J connectivity index is 1.86. The maximum absolute atomic E-state index is 12.4. The number of nitrogens with zero attached hydrogens (tertiary/aromatic N) is 1. The molecule has 0 aromatic heterocycles. The molecule has 2 N–H and O–H groups in total. The van der Waals surface area contributed by atoms with Crippen molar-refractivity contribution in [1.82, 2.24) is 10.2 Å². The van der Waals surface area contributed by atoms with Crippen molar-refractivity contribution in [2.45, 2.75) is 13.0 Å². The normalized spacial score (nSPS) is 11.4. The number of carbonyl (C=O) groups is 1. The fraction of sp³-hybridized carbons (Fsp3) is 0.316. The maximum Gasteiger partial charge on any atom is 0.253 e. The lowest BCUT2D eigenvalue weighted by Crippen LogP contribution is -2.29. The molecule has 2 rings (SSSR count). The van der Waals surface area contributed by atoms with Crippen molar-refractivity contribution < 1.29 is 13.2 Å². The first kappa shape index (κ1) is 21.2. The van der Waals surface area contributed by atoms with Gasteiger partial charge in [0.25, 0.3) is 5.91 Å². The molecule has 0 saturated heterocycles. The van der Waals surface area contributed by atoms with Crippen molar-refractivity contribution in [3.05, 3.63) is 64.7 Å². The Kier molecular flexibility index (Phi) is 7.65. The van der Waals surface area contributed by atoms with Crippen LogP contribution < -0.4 is 10.0 Å². The van der Waals surface area contributed by atoms with E-state index < -0.39 is 10.0 Å². The molecule has 27 heavy (non-hydrogen) atoms. The van der Waals surface area contributed by atoms with Gasteiger partial charge in [-0.15, -0.1) is 0 Å². The molecule has 1 amide bonds. The number of halogens is 1. The fourth-order valence-corrected chi connectivity index (χ4v) is 3.36. The van der Waals surface area contributed by atoms with Crippen molar-refractivity contribution in [1.29, 1.82) is 0 Å². The number of hydrogen-bond donors (Lipinski definition) is 2. The van der Waals surface area contributed by atoms with E-state index >= 15 is 0 Å². The van der Waals surface area contributed by atoms with E-state index in [1.165, 1.54) is 23.8 Å². The Morgan fingerprint density at radius 3 is 2.52 bits per heavy atom. The first-order valence-electron chi connectivity index (χ1n) is 8.52. The molecule has 0 spiro atoms. The number of benzene rings is 2. The minimum Gasteiger partial charge on any atom is -0.352 e. The minimum atomic E-state index is -3.49. The third-order valence-electron chi connectivity index (χ3n) is 3.82. The Morgan fingerprint density at radius 2 is 1.85 bits per heavy atom. The number of nitrogens with one attached hydrogen (secondary N) is 2. The SMILES string of the molecule is CN(CCCNC(=O)c1cc(Cl)ccc1NS(C)(=O)=O)Cc1ccccc1. The van der Waals surface area contributed by atoms with Gasteiger partial charge in [0.2, 0.25) is 10.0 Å². The smallest absolute Gasteiger partial charge is 0.253 e. The van der Waals surface area contributed by atoms with Gasteiger partial charge in [-0.2, -0.15) is 0 Å². The van der Waals surface area contributed by atoms with Crippen LogP contribution in [-0.4, -0.2) is 45.6 Å². The zero-order valence-corrected chi connectivity index (χ0v) is 17.0. The molecular formula is C19H24ClN3O3S. The second-order valence-electron chi connectivity index (χ2n) is 6.40. The average molecular weight is 410 g/mol. The van der Waals surface area contributed by atoms with Crippen LogP contribution in [0.5, 0.6) is 0 Å². The third kappa shape index (κ3) is 7.58. The molecular weight excluding hydrogens is 386 g/mol. The second kappa shape index (κ2) is 9.73. The van der Waals surface area contributed by atoms with Gasteiger partial charge in [-0.3, -0.25) is 9.52 Å². The molecule has 0 saturated carbocycles. The molecule has 2 aromatic carbocycles. The number of sulfonamides is 1. The third-order valence-corrected chi connectivity index (χ3v) is 4.64. The van der Waals surface area contributed by atoms with Crippen LogP contribution in [-0.2, 0) is 16.6 Å². The van der Waals surface area contributed by atoms with Gasteiger partial charge in [-0.25, -0.2) is 8.42 Å². The predicted octanol–water partition coefficient (Wildman–Crippen LogP) is 2.96. The van der Waals surface area contributed by atoms with Crippen molar-refractivity contribution in [3.63, 3.8) is 0 Å². The summed E-state index contributed by atoms with van der Waals surface area (Å²) in [5, 5.41) is 3.18. The van der Waals surface area contributed by atoms with Crippen molar-refractivity contribution in [2.24, 2.45) is 0 Å². The molecule has 8 heteroatoms. The predicted molar refractivity (Wildman–Crippen MR) is 110 cm³/mol. The van der Waals surface area contributed by atoms with Crippen molar-refractivity contribution in [2.75, 3.05) is 31.1 Å². The van der Waals surface area contributed by atoms with Gasteiger partial charge in [0.1, 0.15) is 0 Å². The summed E-state index contributed by atoms with van der Waals surface area (Å²) in [4.78, 5) is 14.6. The quantitative estimate of drug-likeness (QED) is 0.624. The van der Waals surface area contributed by atoms with E-state index in [0.717, 1.165) is 25.8 Å². The largest absolute Gasteiger partial charge is 0.352 e. The molecule has 0 heterocycles. The molecule has 6 nitrogen and oxygen atoms in total. The van der Waals surface area contributed by atoms with Gasteiger partial charge < -0.3 is 10.2 Å². The molecule has 0 fully saturated rings. The molecule has 0 bridgehead atoms. The van der Waals surface area contributed by atoms with Crippen LogP contribution in [0.2, 0.25) is 5.02 Å². The lowest BCUT2D eigenvalue weighted by Gasteiger charge is -2.17. The monoisotopic (exact) mass is 409 g/mol. The number of anilines is 1. The fourth-order valence-electron chi connectivity index (χ4n) is 2.61. The molecule has 0 aliphatic rings. The summed E-state index contributed by atoms with van der Waals surface area (Å²) in [6, 6.07) is 14.6. The van der Waals surface area contributed by atoms with Gasteiger partial charge in [-0.05, 0) is 43.8 Å². The first-order valence-corrected chi connectivity index (χ1v) is 10.8. The molecule has 0 aliphatic heterocycles. The lowest BCUT2D eigenvalue weighted by atomic mass is 10.1. The molecule has 146 valence electrons. The zero-order chi connectivity index (χ0) is 19.9. The van der Waals surface area contributed by atoms with Crippen LogP contribution in [0.25, 0.3) is 0 Å². The van der Waals surface area contributed by atoms with E-state index in [1.54, 1.807) is 0 Å². The molecule has 2 aromatic rings. The summed E-state index contributed by atoms with van der Waals surface area (Å²) >= 11 is 5.95. The highest BCUT2D eigenvalue weighted by Gasteiger charge is 2.14. The summed E-state index contributed by atoms with van der Waals surface area (Å²) in [6.45, 7) is 2.13. The van der Waals surface area contributed by atoms with Crippen LogP contribution >= 0.6 is 11.6 Å². The van der Waals surface area contributed by atoms with E-state index in [4.69, 9.17) is 11.6 Å². The van der Waals surface area contributed by atoms with Gasteiger partial charge in [0.05, 0.1) is 17.5 Å². The Labute approximate surface area is 165 Å². The number of hydrogen-bond acceptors (Lipinski definition) is 4. The van der Waals surface area contributed by atoms with Gasteiger partial charge in [0.15, 0.2) is 0 Å². The molecule has 0 unspecified atom stereocenters. The van der Waals surface area contributed by atoms with Crippen LogP contribution in [0, 0.1) is 0 Å². The summed E-state index contributed by atoms with van der Waals surface area (Å²) in [5.74, 6) is -0.366. The van der Waals surface area contributed by atoms with E-state index in [1.807, 2.05) is 25.2 Å². The van der Waals surface area contributed by atoms with Gasteiger partial charge >= 0.3 is 0 Å². The average Bonchev–Trinajstić information content (AvgIpc) is 2.60. The van der Waals surface area contributed by atoms with Crippen molar-refractivity contribution >= 4 is 33.2 Å². The zero-order valence-electron chi connectivity index (χ0n) is 15.4. The Hall–Kier alpha value is -2.09. The van der Waals surface area contributed by atoms with Crippen LogP contribution in [0.3, 0.4) is 0 Å². The standard InChI is InChI=1S/C19H24ClN3O3S/c1-23(14-15-7-4-3-5-8-15)12-6-11-21-19(24)17-13-16(20)9-10-18(17)22-27(2,25)26/h3-5,7-10,13,22H,6,11-12,14H2,1-2H3,(H,21,24). The van der Waals surface area contributed by atoms with E-state index in [9.17, 15) is 13.2 Å². The minimum absolute atomic E-state index is 0.200. The summed E-state index contributed by atoms with van der Waals surface area (Å²) in [6.07, 6.45) is 1.80. The second-order valence-corrected chi connectivity index (χ2v) is 8.58. The number of amides is 1. The highest BCUT2D eigenvalue weighted by molar-refractivity contribution is 7.92. The van der Waals surface area contributed by atoms with Gasteiger partial charge in [0, 0.05) is 18.1 Å². The van der Waals surface area contributed by atoms with E-state index in [0.29, 0.717) is 11.6 Å². The highest BCUT2D eigenvalue weighted by atomic mass is 35.5. The van der Waals surface area contributed by atoms with Crippen molar-refractivity contribution in [3.8, 4) is 0 Å². The number of carbonyl (C=O) groups excluding carboxylic acids is 1. The van der Waals surface area contributed by atoms with Crippen LogP contribution in [0.1, 0.15) is 22.3 Å². The first-order chi connectivity index (χ1) is 12.7. The summed E-state index contributed by atoms with van der Waals surface area (Å²) in [5.41, 5.74) is 1.64. The van der Waals surface area contributed by atoms with Crippen LogP contribution in [0.4, 0.5) is 5.69 Å². The Morgan fingerprint density at radius 1 is 1.15 bits per heavy atom. The van der Waals surface area contributed by atoms with Gasteiger partial charge in [-0.1, -0.05) is 41.9 Å². The topological polar surface area (TPSA) is 78.5 Å². The van der Waals surface area contributed by atoms with Crippen LogP contribution in [0.15, 0.2) is 48.5 Å². The molecule has 0 atom stereocenters.